The summed E-state index contributed by atoms with van der Waals surface area (Å²) in [5.74, 6) is -1.62. The summed E-state index contributed by atoms with van der Waals surface area (Å²) in [5, 5.41) is 9.00. The monoisotopic (exact) mass is 426 g/mol. The first-order valence-electron chi connectivity index (χ1n) is 8.93. The SMILES string of the molecule is CC(C)Cn1cc(C(C)(C)C)s/c1=N\C(=NC#N)c1cccc(C(F)(F)F)c1F. The molecule has 0 amide bonds. The molecule has 1 aromatic carbocycles. The van der Waals surface area contributed by atoms with Crippen molar-refractivity contribution >= 4 is 17.2 Å². The predicted octanol–water partition coefficient (Wildman–Crippen LogP) is 5.49. The van der Waals surface area contributed by atoms with Gasteiger partial charge in [-0.2, -0.15) is 28.4 Å². The fraction of sp³-hybridized carbons (Fsp3) is 0.450. The third-order valence-corrected chi connectivity index (χ3v) is 5.37. The largest absolute Gasteiger partial charge is 0.419 e. The summed E-state index contributed by atoms with van der Waals surface area (Å²) in [6, 6.07) is 2.85. The number of alkyl halides is 3. The summed E-state index contributed by atoms with van der Waals surface area (Å²) in [7, 11) is 0. The van der Waals surface area contributed by atoms with Crippen molar-refractivity contribution in [2.24, 2.45) is 15.9 Å². The lowest BCUT2D eigenvalue weighted by Crippen LogP contribution is -2.20. The van der Waals surface area contributed by atoms with E-state index in [4.69, 9.17) is 5.26 Å². The summed E-state index contributed by atoms with van der Waals surface area (Å²) in [4.78, 5) is 9.24. The number of hydrogen-bond acceptors (Lipinski definition) is 3. The Morgan fingerprint density at radius 3 is 2.41 bits per heavy atom. The lowest BCUT2D eigenvalue weighted by molar-refractivity contribution is -0.140. The Bertz CT molecular complexity index is 1010. The van der Waals surface area contributed by atoms with Crippen molar-refractivity contribution in [2.45, 2.75) is 52.8 Å². The molecule has 2 aromatic rings. The molecule has 156 valence electrons. The fourth-order valence-corrected chi connectivity index (χ4v) is 3.60. The van der Waals surface area contributed by atoms with Crippen LogP contribution in [0, 0.1) is 23.2 Å². The molecule has 0 atom stereocenters. The van der Waals surface area contributed by atoms with Gasteiger partial charge >= 0.3 is 6.18 Å². The van der Waals surface area contributed by atoms with Crippen LogP contribution >= 0.6 is 11.3 Å². The number of rotatable bonds is 3. The number of nitrogens with zero attached hydrogens (tertiary/aromatic N) is 4. The van der Waals surface area contributed by atoms with E-state index in [9.17, 15) is 17.6 Å². The maximum absolute atomic E-state index is 14.6. The fourth-order valence-electron chi connectivity index (χ4n) is 2.55. The van der Waals surface area contributed by atoms with E-state index in [-0.39, 0.29) is 11.3 Å². The molecular formula is C20H22F4N4S. The van der Waals surface area contributed by atoms with Gasteiger partial charge in [0.05, 0.1) is 11.1 Å². The summed E-state index contributed by atoms with van der Waals surface area (Å²) in [5.41, 5.74) is -2.07. The average Bonchev–Trinajstić information content (AvgIpc) is 2.96. The minimum Gasteiger partial charge on any atom is -0.323 e. The lowest BCUT2D eigenvalue weighted by atomic mass is 9.95. The van der Waals surface area contributed by atoms with Crippen molar-refractivity contribution in [3.8, 4) is 6.19 Å². The van der Waals surface area contributed by atoms with Crippen LogP contribution in [0.3, 0.4) is 0 Å². The number of halogens is 4. The second-order valence-corrected chi connectivity index (χ2v) is 9.00. The van der Waals surface area contributed by atoms with Gasteiger partial charge in [0.15, 0.2) is 10.6 Å². The molecule has 0 unspecified atom stereocenters. The number of hydrogen-bond donors (Lipinski definition) is 0. The highest BCUT2D eigenvalue weighted by atomic mass is 32.1. The molecule has 0 saturated carbocycles. The van der Waals surface area contributed by atoms with Crippen molar-refractivity contribution in [1.82, 2.24) is 4.57 Å². The van der Waals surface area contributed by atoms with Gasteiger partial charge in [0.25, 0.3) is 0 Å². The van der Waals surface area contributed by atoms with Crippen molar-refractivity contribution in [3.05, 3.63) is 51.0 Å². The molecule has 0 fully saturated rings. The predicted molar refractivity (Wildman–Crippen MR) is 105 cm³/mol. The maximum Gasteiger partial charge on any atom is 0.419 e. The van der Waals surface area contributed by atoms with E-state index < -0.39 is 29.0 Å². The van der Waals surface area contributed by atoms with Crippen LogP contribution in [0.15, 0.2) is 34.4 Å². The van der Waals surface area contributed by atoms with Gasteiger partial charge in [-0.05, 0) is 23.5 Å². The molecule has 0 aliphatic carbocycles. The first kappa shape index (κ1) is 22.8. The third-order valence-electron chi connectivity index (χ3n) is 3.92. The van der Waals surface area contributed by atoms with Crippen LogP contribution in [-0.4, -0.2) is 10.4 Å². The van der Waals surface area contributed by atoms with Crippen LogP contribution < -0.4 is 4.80 Å². The zero-order valence-corrected chi connectivity index (χ0v) is 17.6. The zero-order chi connectivity index (χ0) is 22.0. The minimum absolute atomic E-state index is 0.175. The van der Waals surface area contributed by atoms with Crippen molar-refractivity contribution < 1.29 is 17.6 Å². The van der Waals surface area contributed by atoms with Crippen LogP contribution in [0.4, 0.5) is 17.6 Å². The van der Waals surface area contributed by atoms with Crippen LogP contribution in [0.1, 0.15) is 50.6 Å². The van der Waals surface area contributed by atoms with Gasteiger partial charge in [-0.25, -0.2) is 4.39 Å². The van der Waals surface area contributed by atoms with Crippen LogP contribution in [0.25, 0.3) is 0 Å². The maximum atomic E-state index is 14.6. The second kappa shape index (κ2) is 8.49. The Balaban J connectivity index is 2.72. The van der Waals surface area contributed by atoms with Gasteiger partial charge in [-0.1, -0.05) is 40.7 Å². The molecule has 0 spiro atoms. The molecule has 29 heavy (non-hydrogen) atoms. The van der Waals surface area contributed by atoms with Crippen LogP contribution in [0.2, 0.25) is 0 Å². The van der Waals surface area contributed by atoms with Gasteiger partial charge < -0.3 is 4.57 Å². The Kier molecular flexibility index (Phi) is 6.68. The Morgan fingerprint density at radius 2 is 1.90 bits per heavy atom. The summed E-state index contributed by atoms with van der Waals surface area (Å²) >= 11 is 1.33. The summed E-state index contributed by atoms with van der Waals surface area (Å²) in [6.07, 6.45) is -1.43. The number of amidine groups is 1. The highest BCUT2D eigenvalue weighted by molar-refractivity contribution is 7.09. The number of nitriles is 1. The minimum atomic E-state index is -4.86. The zero-order valence-electron chi connectivity index (χ0n) is 16.8. The number of aliphatic imine (C=N–C) groups is 1. The quantitative estimate of drug-likeness (QED) is 0.277. The first-order chi connectivity index (χ1) is 13.3. The van der Waals surface area contributed by atoms with Gasteiger partial charge in [-0.15, -0.1) is 11.3 Å². The Labute approximate surface area is 170 Å². The van der Waals surface area contributed by atoms with E-state index >= 15 is 0 Å². The normalized spacial score (nSPS) is 13.8. The molecule has 2 rings (SSSR count). The molecule has 0 saturated heterocycles. The molecule has 0 aliphatic heterocycles. The van der Waals surface area contributed by atoms with E-state index in [1.165, 1.54) is 17.5 Å². The Hall–Kier alpha value is -2.47. The van der Waals surface area contributed by atoms with Crippen molar-refractivity contribution in [3.63, 3.8) is 0 Å². The molecule has 4 nitrogen and oxygen atoms in total. The van der Waals surface area contributed by atoms with E-state index in [2.05, 4.69) is 9.98 Å². The molecule has 9 heteroatoms. The highest BCUT2D eigenvalue weighted by Gasteiger charge is 2.35. The molecule has 0 N–H and O–H groups in total. The summed E-state index contributed by atoms with van der Waals surface area (Å²) in [6.45, 7) is 10.7. The Morgan fingerprint density at radius 1 is 1.24 bits per heavy atom. The standard InChI is InChI=1S/C20H22F4N4S/c1-12(2)9-28-10-15(19(3,4)5)29-18(28)27-17(26-11-25)13-7-6-8-14(16(13)21)20(22,23)24/h6-8,10,12H,9H2,1-5H3/b26-17?,27-18-. The lowest BCUT2D eigenvalue weighted by Gasteiger charge is -2.14. The van der Waals surface area contributed by atoms with Gasteiger partial charge in [-0.3, -0.25) is 0 Å². The molecule has 0 bridgehead atoms. The molecular weight excluding hydrogens is 404 g/mol. The molecule has 0 radical (unpaired) electrons. The smallest absolute Gasteiger partial charge is 0.323 e. The average molecular weight is 426 g/mol. The van der Waals surface area contributed by atoms with E-state index in [0.717, 1.165) is 17.0 Å². The van der Waals surface area contributed by atoms with Gasteiger partial charge in [0.2, 0.25) is 6.19 Å². The van der Waals surface area contributed by atoms with Gasteiger partial charge in [0.1, 0.15) is 5.82 Å². The van der Waals surface area contributed by atoms with E-state index in [1.807, 2.05) is 45.4 Å². The van der Waals surface area contributed by atoms with E-state index in [0.29, 0.717) is 17.4 Å². The van der Waals surface area contributed by atoms with Gasteiger partial charge in [0, 0.05) is 17.6 Å². The molecule has 1 aromatic heterocycles. The van der Waals surface area contributed by atoms with Crippen LogP contribution in [0.5, 0.6) is 0 Å². The number of aromatic nitrogens is 1. The summed E-state index contributed by atoms with van der Waals surface area (Å²) < 4.78 is 55.6. The van der Waals surface area contributed by atoms with Crippen LogP contribution in [-0.2, 0) is 18.1 Å². The van der Waals surface area contributed by atoms with E-state index in [1.54, 1.807) is 0 Å². The van der Waals surface area contributed by atoms with Crippen molar-refractivity contribution in [2.75, 3.05) is 0 Å². The second-order valence-electron chi connectivity index (χ2n) is 7.99. The molecule has 0 aliphatic rings. The highest BCUT2D eigenvalue weighted by Crippen LogP contribution is 2.32. The number of benzene rings is 1. The molecule has 1 heterocycles. The third kappa shape index (κ3) is 5.54. The first-order valence-corrected chi connectivity index (χ1v) is 9.74. The number of thiazole rings is 1. The van der Waals surface area contributed by atoms with Crippen molar-refractivity contribution in [1.29, 1.82) is 5.26 Å². The topological polar surface area (TPSA) is 53.4 Å².